The third-order valence-electron chi connectivity index (χ3n) is 3.91. The number of hydrogen-bond donors (Lipinski definition) is 1. The highest BCUT2D eigenvalue weighted by Crippen LogP contribution is 2.29. The van der Waals surface area contributed by atoms with Gasteiger partial charge in [0.2, 0.25) is 21.1 Å². The maximum Gasteiger partial charge on any atom is 0.250 e. The number of ether oxygens (including phenoxy) is 1. The Morgan fingerprint density at radius 3 is 2.43 bits per heavy atom. The quantitative estimate of drug-likeness (QED) is 0.391. The topological polar surface area (TPSA) is 101 Å². The van der Waals surface area contributed by atoms with Gasteiger partial charge in [0.25, 0.3) is 0 Å². The fourth-order valence-corrected chi connectivity index (χ4v) is 5.60. The first-order valence-electron chi connectivity index (χ1n) is 9.65. The third kappa shape index (κ3) is 6.85. The molecular formula is C19H28N4O4S3. The number of carbonyl (C=O) groups excluding carboxylic acids is 1. The van der Waals surface area contributed by atoms with Crippen LogP contribution in [0, 0.1) is 5.92 Å². The fraction of sp³-hybridized carbons (Fsp3) is 0.526. The van der Waals surface area contributed by atoms with Crippen molar-refractivity contribution in [3.05, 3.63) is 24.3 Å². The molecule has 0 spiro atoms. The van der Waals surface area contributed by atoms with Gasteiger partial charge >= 0.3 is 0 Å². The van der Waals surface area contributed by atoms with E-state index in [1.165, 1.54) is 11.3 Å². The second-order valence-electron chi connectivity index (χ2n) is 6.98. The van der Waals surface area contributed by atoms with E-state index in [2.05, 4.69) is 29.4 Å². The lowest BCUT2D eigenvalue weighted by Crippen LogP contribution is -2.47. The van der Waals surface area contributed by atoms with Crippen molar-refractivity contribution in [1.29, 1.82) is 0 Å². The molecule has 30 heavy (non-hydrogen) atoms. The van der Waals surface area contributed by atoms with Crippen LogP contribution in [-0.4, -0.2) is 49.2 Å². The van der Waals surface area contributed by atoms with Gasteiger partial charge in [-0.2, -0.15) is 0 Å². The lowest BCUT2D eigenvalue weighted by molar-refractivity contribution is -0.117. The third-order valence-corrected chi connectivity index (χ3v) is 7.49. The molecule has 0 aliphatic rings. The number of anilines is 2. The van der Waals surface area contributed by atoms with Crippen molar-refractivity contribution in [2.75, 3.05) is 28.2 Å². The number of amides is 1. The summed E-state index contributed by atoms with van der Waals surface area (Å²) in [7, 11) is -3.71. The van der Waals surface area contributed by atoms with Gasteiger partial charge in [0, 0.05) is 5.75 Å². The van der Waals surface area contributed by atoms with Crippen LogP contribution in [0.1, 0.15) is 34.1 Å². The minimum atomic E-state index is -3.71. The lowest BCUT2D eigenvalue weighted by Gasteiger charge is -2.29. The molecule has 0 aliphatic carbocycles. The smallest absolute Gasteiger partial charge is 0.250 e. The van der Waals surface area contributed by atoms with E-state index in [0.29, 0.717) is 35.5 Å². The SMILES string of the molecule is CCOc1ccc(N(C(CC)C(=O)Nc2nnc(SCC(C)C)s2)S(C)(=O)=O)cc1. The van der Waals surface area contributed by atoms with E-state index in [9.17, 15) is 13.2 Å². The Morgan fingerprint density at radius 1 is 1.23 bits per heavy atom. The van der Waals surface area contributed by atoms with Gasteiger partial charge in [-0.25, -0.2) is 8.42 Å². The summed E-state index contributed by atoms with van der Waals surface area (Å²) >= 11 is 2.86. The van der Waals surface area contributed by atoms with Crippen LogP contribution in [0.4, 0.5) is 10.8 Å². The molecule has 0 bridgehead atoms. The molecule has 0 radical (unpaired) electrons. The first-order valence-corrected chi connectivity index (χ1v) is 13.3. The molecule has 8 nitrogen and oxygen atoms in total. The highest BCUT2D eigenvalue weighted by atomic mass is 32.2. The molecule has 0 aliphatic heterocycles. The molecule has 11 heteroatoms. The molecule has 1 amide bonds. The van der Waals surface area contributed by atoms with Crippen molar-refractivity contribution in [1.82, 2.24) is 10.2 Å². The number of sulfonamides is 1. The summed E-state index contributed by atoms with van der Waals surface area (Å²) < 4.78 is 32.4. The minimum Gasteiger partial charge on any atom is -0.494 e. The lowest BCUT2D eigenvalue weighted by atomic mass is 10.2. The number of carbonyl (C=O) groups is 1. The predicted molar refractivity (Wildman–Crippen MR) is 123 cm³/mol. The fourth-order valence-electron chi connectivity index (χ4n) is 2.66. The van der Waals surface area contributed by atoms with Crippen molar-refractivity contribution < 1.29 is 17.9 Å². The van der Waals surface area contributed by atoms with Crippen molar-refractivity contribution in [3.63, 3.8) is 0 Å². The molecule has 1 atom stereocenters. The van der Waals surface area contributed by atoms with Crippen LogP contribution in [-0.2, 0) is 14.8 Å². The molecule has 2 rings (SSSR count). The molecule has 1 unspecified atom stereocenters. The van der Waals surface area contributed by atoms with E-state index in [4.69, 9.17) is 4.74 Å². The van der Waals surface area contributed by atoms with Crippen LogP contribution in [0.15, 0.2) is 28.6 Å². The first kappa shape index (κ1) is 24.4. The van der Waals surface area contributed by atoms with Crippen LogP contribution in [0.2, 0.25) is 0 Å². The number of thioether (sulfide) groups is 1. The van der Waals surface area contributed by atoms with Gasteiger partial charge in [-0.1, -0.05) is 43.9 Å². The Kier molecular flexibility index (Phi) is 8.92. The van der Waals surface area contributed by atoms with Crippen LogP contribution in [0.3, 0.4) is 0 Å². The number of nitrogens with zero attached hydrogens (tertiary/aromatic N) is 3. The Labute approximate surface area is 186 Å². The second-order valence-corrected chi connectivity index (χ2v) is 11.1. The molecule has 2 aromatic rings. The van der Waals surface area contributed by atoms with Gasteiger partial charge in [0.15, 0.2) is 4.34 Å². The van der Waals surface area contributed by atoms with Gasteiger partial charge < -0.3 is 4.74 Å². The number of benzene rings is 1. The largest absolute Gasteiger partial charge is 0.494 e. The van der Waals surface area contributed by atoms with E-state index in [0.717, 1.165) is 20.7 Å². The average Bonchev–Trinajstić information content (AvgIpc) is 3.11. The molecule has 0 fully saturated rings. The van der Waals surface area contributed by atoms with Crippen LogP contribution >= 0.6 is 23.1 Å². The highest BCUT2D eigenvalue weighted by Gasteiger charge is 2.32. The zero-order valence-corrected chi connectivity index (χ0v) is 20.2. The monoisotopic (exact) mass is 472 g/mol. The van der Waals surface area contributed by atoms with Crippen molar-refractivity contribution in [3.8, 4) is 5.75 Å². The van der Waals surface area contributed by atoms with Gasteiger partial charge in [0.05, 0.1) is 18.6 Å². The molecule has 1 N–H and O–H groups in total. The molecule has 1 heterocycles. The summed E-state index contributed by atoms with van der Waals surface area (Å²) in [5.41, 5.74) is 0.397. The van der Waals surface area contributed by atoms with Crippen molar-refractivity contribution in [2.24, 2.45) is 5.92 Å². The highest BCUT2D eigenvalue weighted by molar-refractivity contribution is 8.01. The minimum absolute atomic E-state index is 0.292. The summed E-state index contributed by atoms with van der Waals surface area (Å²) in [6.07, 6.45) is 1.38. The number of rotatable bonds is 11. The second kappa shape index (κ2) is 11.0. The summed E-state index contributed by atoms with van der Waals surface area (Å²) in [6, 6.07) is 5.71. The number of hydrogen-bond acceptors (Lipinski definition) is 8. The van der Waals surface area contributed by atoms with E-state index < -0.39 is 22.0 Å². The Morgan fingerprint density at radius 2 is 1.90 bits per heavy atom. The molecular weight excluding hydrogens is 444 g/mol. The first-order chi connectivity index (χ1) is 14.2. The standard InChI is InChI=1S/C19H28N4O4S3/c1-6-16(17(24)20-18-21-22-19(29-18)28-12-13(3)4)23(30(5,25)26)14-8-10-15(11-9-14)27-7-2/h8-11,13,16H,6-7,12H2,1-5H3,(H,20,21,24). The normalized spacial score (nSPS) is 12.6. The molecule has 0 saturated carbocycles. The van der Waals surface area contributed by atoms with Gasteiger partial charge in [-0.15, -0.1) is 10.2 Å². The summed E-state index contributed by atoms with van der Waals surface area (Å²) in [5.74, 6) is 1.60. The predicted octanol–water partition coefficient (Wildman–Crippen LogP) is 3.87. The van der Waals surface area contributed by atoms with E-state index in [1.807, 2.05) is 6.92 Å². The maximum atomic E-state index is 12.9. The Hall–Kier alpha value is -1.85. The molecule has 1 aromatic carbocycles. The Balaban J connectivity index is 2.21. The van der Waals surface area contributed by atoms with Gasteiger partial charge in [-0.3, -0.25) is 14.4 Å². The molecule has 0 saturated heterocycles. The van der Waals surface area contributed by atoms with E-state index >= 15 is 0 Å². The summed E-state index contributed by atoms with van der Waals surface area (Å²) in [5, 5.41) is 11.2. The zero-order valence-electron chi connectivity index (χ0n) is 17.8. The van der Waals surface area contributed by atoms with E-state index in [1.54, 1.807) is 43.0 Å². The van der Waals surface area contributed by atoms with Gasteiger partial charge in [0.1, 0.15) is 11.8 Å². The van der Waals surface area contributed by atoms with Crippen molar-refractivity contribution >= 4 is 49.8 Å². The van der Waals surface area contributed by atoms with E-state index in [-0.39, 0.29) is 0 Å². The number of nitrogens with one attached hydrogen (secondary N) is 1. The maximum absolute atomic E-state index is 12.9. The average molecular weight is 473 g/mol. The summed E-state index contributed by atoms with van der Waals surface area (Å²) in [6.45, 7) is 8.37. The van der Waals surface area contributed by atoms with Gasteiger partial charge in [-0.05, 0) is 43.5 Å². The summed E-state index contributed by atoms with van der Waals surface area (Å²) in [4.78, 5) is 12.9. The zero-order chi connectivity index (χ0) is 22.3. The number of aromatic nitrogens is 2. The van der Waals surface area contributed by atoms with Crippen molar-refractivity contribution in [2.45, 2.75) is 44.5 Å². The van der Waals surface area contributed by atoms with Crippen LogP contribution < -0.4 is 14.4 Å². The van der Waals surface area contributed by atoms with Crippen LogP contribution in [0.25, 0.3) is 0 Å². The Bertz CT molecular complexity index is 930. The molecule has 1 aromatic heterocycles. The van der Waals surface area contributed by atoms with Crippen LogP contribution in [0.5, 0.6) is 5.75 Å². The molecule has 166 valence electrons.